The predicted molar refractivity (Wildman–Crippen MR) is 294 cm³/mol. The molecule has 6 heteroatoms. The Morgan fingerprint density at radius 1 is 0.521 bits per heavy atom. The van der Waals surface area contributed by atoms with Gasteiger partial charge in [-0.3, -0.25) is 0 Å². The van der Waals surface area contributed by atoms with Gasteiger partial charge in [-0.05, 0) is 90.5 Å². The van der Waals surface area contributed by atoms with E-state index in [0.717, 1.165) is 51.3 Å². The number of para-hydroxylation sites is 2. The maximum absolute atomic E-state index is 5.14. The van der Waals surface area contributed by atoms with Crippen molar-refractivity contribution in [3.05, 3.63) is 255 Å². The number of hydrogen-bond donors (Lipinski definition) is 0. The summed E-state index contributed by atoms with van der Waals surface area (Å²) in [6, 6.07) is 88.7. The van der Waals surface area contributed by atoms with E-state index in [-0.39, 0.29) is 26.5 Å². The summed E-state index contributed by atoms with van der Waals surface area (Å²) in [5.41, 5.74) is 15.1. The van der Waals surface area contributed by atoms with Crippen LogP contribution in [-0.2, 0) is 33.0 Å². The number of fused-ring (bicyclic) bond motifs is 7. The SMILES string of the molecule is CC(C)(C)c1ccnc(-n2c3[c-]c([Si]4(c5[c-]c(N6[CH-]N(Cc7ccccc7)c7ccccc76)cc(-c6ccccc6)c5)c5ccccc5-c5ccccc54)ccc3c3cc(-c4ccccc4)ccc32)c1.[Pt]. The van der Waals surface area contributed by atoms with Crippen LogP contribution in [0.15, 0.2) is 225 Å². The molecule has 0 radical (unpaired) electrons. The van der Waals surface area contributed by atoms with E-state index in [2.05, 4.69) is 272 Å². The third-order valence-electron chi connectivity index (χ3n) is 14.5. The molecular formula is C65H49N4PtSi-3. The topological polar surface area (TPSA) is 24.3 Å². The van der Waals surface area contributed by atoms with E-state index in [4.69, 9.17) is 4.98 Å². The fourth-order valence-corrected chi connectivity index (χ4v) is 16.1. The second-order valence-corrected chi connectivity index (χ2v) is 23.3. The second kappa shape index (κ2) is 17.7. The van der Waals surface area contributed by atoms with Gasteiger partial charge in [0.05, 0.1) is 0 Å². The zero-order valence-electron chi connectivity index (χ0n) is 39.8. The average molecular weight is 1110 g/mol. The number of aromatic nitrogens is 2. The van der Waals surface area contributed by atoms with Gasteiger partial charge in [0.25, 0.3) is 0 Å². The van der Waals surface area contributed by atoms with Gasteiger partial charge in [-0.2, -0.15) is 47.4 Å². The van der Waals surface area contributed by atoms with Crippen molar-refractivity contribution in [2.75, 3.05) is 9.80 Å². The molecule has 0 spiro atoms. The zero-order chi connectivity index (χ0) is 47.0. The van der Waals surface area contributed by atoms with Crippen LogP contribution in [0.4, 0.5) is 17.1 Å². The molecule has 0 atom stereocenters. The predicted octanol–water partition coefficient (Wildman–Crippen LogP) is 13.0. The number of pyridine rings is 1. The molecule has 2 aliphatic rings. The first-order valence-electron chi connectivity index (χ1n) is 24.2. The third kappa shape index (κ3) is 7.41. The van der Waals surface area contributed by atoms with Crippen LogP contribution in [0.2, 0.25) is 0 Å². The number of benzene rings is 9. The molecule has 0 fully saturated rings. The van der Waals surface area contributed by atoms with E-state index in [9.17, 15) is 0 Å². The van der Waals surface area contributed by atoms with Crippen molar-refractivity contribution in [3.8, 4) is 39.2 Å². The monoisotopic (exact) mass is 1110 g/mol. The first-order valence-corrected chi connectivity index (χ1v) is 26.2. The van der Waals surface area contributed by atoms with Crippen LogP contribution in [0, 0.1) is 18.8 Å². The Kier molecular flexibility index (Phi) is 11.1. The summed E-state index contributed by atoms with van der Waals surface area (Å²) in [5, 5.41) is 7.38. The molecule has 13 rings (SSSR count). The van der Waals surface area contributed by atoms with E-state index in [1.165, 1.54) is 65.2 Å². The molecule has 346 valence electrons. The van der Waals surface area contributed by atoms with Gasteiger partial charge in [-0.25, -0.2) is 4.98 Å². The molecule has 2 aromatic heterocycles. The smallest absolute Gasteiger partial charge is 0.135 e. The molecule has 4 nitrogen and oxygen atoms in total. The summed E-state index contributed by atoms with van der Waals surface area (Å²) in [5.74, 6) is 0.888. The molecule has 4 heterocycles. The van der Waals surface area contributed by atoms with Crippen molar-refractivity contribution in [2.24, 2.45) is 0 Å². The fourth-order valence-electron chi connectivity index (χ4n) is 11.1. The number of hydrogen-bond acceptors (Lipinski definition) is 3. The summed E-state index contributed by atoms with van der Waals surface area (Å²) in [7, 11) is -3.24. The van der Waals surface area contributed by atoms with E-state index in [1.54, 1.807) is 0 Å². The van der Waals surface area contributed by atoms with E-state index >= 15 is 0 Å². The van der Waals surface area contributed by atoms with Crippen LogP contribution in [0.1, 0.15) is 31.9 Å². The number of nitrogens with zero attached hydrogens (tertiary/aromatic N) is 4. The van der Waals surface area contributed by atoms with Gasteiger partial charge in [0.1, 0.15) is 13.9 Å². The summed E-state index contributed by atoms with van der Waals surface area (Å²) in [4.78, 5) is 9.86. The molecule has 0 aliphatic carbocycles. The first-order chi connectivity index (χ1) is 34.3. The Morgan fingerprint density at radius 2 is 1.14 bits per heavy atom. The van der Waals surface area contributed by atoms with Gasteiger partial charge < -0.3 is 14.4 Å². The van der Waals surface area contributed by atoms with Crippen molar-refractivity contribution in [2.45, 2.75) is 32.7 Å². The summed E-state index contributed by atoms with van der Waals surface area (Å²) in [6.07, 6.45) is 1.97. The standard InChI is InChI=1S/C65H49N4Si.Pt/c1-65(2,3)50-35-36-66-64(40-50)69-58-34-31-48(46-21-9-5-10-22-46)39-57(58)54-33-32-52(42-61(54)69)70(62-29-17-13-25-55(62)56-26-14-18-30-63(56)70)53-38-49(47-23-11-6-12-24-47)37-51(41-53)68-44-67(43-45-19-7-4-8-20-45)59-27-15-16-28-60(59)68;/h4-40,44H,43H2,1-3H3;/q-3;. The summed E-state index contributed by atoms with van der Waals surface area (Å²) >= 11 is 0. The molecule has 11 aromatic rings. The normalized spacial score (nSPS) is 13.5. The molecule has 0 saturated carbocycles. The van der Waals surface area contributed by atoms with Crippen LogP contribution >= 0.6 is 0 Å². The van der Waals surface area contributed by atoms with Crippen LogP contribution in [0.3, 0.4) is 0 Å². The molecule has 0 saturated heterocycles. The van der Waals surface area contributed by atoms with Crippen molar-refractivity contribution in [1.82, 2.24) is 9.55 Å². The quantitative estimate of drug-likeness (QED) is 0.112. The Morgan fingerprint density at radius 3 is 1.83 bits per heavy atom. The van der Waals surface area contributed by atoms with Gasteiger partial charge in [-0.15, -0.1) is 22.7 Å². The summed E-state index contributed by atoms with van der Waals surface area (Å²) in [6.45, 7) is 9.83. The average Bonchev–Trinajstić information content (AvgIpc) is 4.05. The minimum absolute atomic E-state index is 0. The Hall–Kier alpha value is -7.56. The molecule has 2 aliphatic heterocycles. The van der Waals surface area contributed by atoms with Crippen LogP contribution in [0.25, 0.3) is 61.0 Å². The van der Waals surface area contributed by atoms with Gasteiger partial charge in [-0.1, -0.05) is 190 Å². The maximum Gasteiger partial charge on any atom is 0.135 e. The molecule has 0 N–H and O–H groups in total. The molecule has 71 heavy (non-hydrogen) atoms. The van der Waals surface area contributed by atoms with Crippen LogP contribution < -0.4 is 30.5 Å². The van der Waals surface area contributed by atoms with Crippen molar-refractivity contribution in [3.63, 3.8) is 0 Å². The van der Waals surface area contributed by atoms with Crippen LogP contribution in [-0.4, -0.2) is 17.6 Å². The summed E-state index contributed by atoms with van der Waals surface area (Å²) < 4.78 is 2.36. The largest absolute Gasteiger partial charge is 0.498 e. The zero-order valence-corrected chi connectivity index (χ0v) is 43.0. The first kappa shape index (κ1) is 44.6. The van der Waals surface area contributed by atoms with Crippen molar-refractivity contribution in [1.29, 1.82) is 0 Å². The van der Waals surface area contributed by atoms with E-state index in [1.807, 2.05) is 6.20 Å². The van der Waals surface area contributed by atoms with Crippen molar-refractivity contribution < 1.29 is 21.1 Å². The van der Waals surface area contributed by atoms with E-state index < -0.39 is 8.07 Å². The van der Waals surface area contributed by atoms with Gasteiger partial charge >= 0.3 is 0 Å². The third-order valence-corrected chi connectivity index (χ3v) is 19.2. The Labute approximate surface area is 431 Å². The second-order valence-electron chi connectivity index (χ2n) is 19.7. The van der Waals surface area contributed by atoms with Crippen molar-refractivity contribution >= 4 is 67.7 Å². The van der Waals surface area contributed by atoms with Crippen LogP contribution in [0.5, 0.6) is 0 Å². The maximum atomic E-state index is 5.14. The molecule has 0 bridgehead atoms. The Bertz CT molecular complexity index is 3740. The fraction of sp³-hybridized carbons (Fsp3) is 0.0769. The number of rotatable bonds is 8. The minimum Gasteiger partial charge on any atom is -0.498 e. The van der Waals surface area contributed by atoms with Gasteiger partial charge in [0.15, 0.2) is 0 Å². The Balaban J connectivity index is 0.00000517. The van der Waals surface area contributed by atoms with Gasteiger partial charge in [0.2, 0.25) is 0 Å². The molecule has 9 aromatic carbocycles. The van der Waals surface area contributed by atoms with Gasteiger partial charge in [0, 0.05) is 50.7 Å². The van der Waals surface area contributed by atoms with E-state index in [0.29, 0.717) is 0 Å². The molecule has 0 amide bonds. The molecular weight excluding hydrogens is 1060 g/mol. The number of anilines is 3. The molecule has 0 unspecified atom stereocenters. The minimum atomic E-state index is -3.24.